The third-order valence-electron chi connectivity index (χ3n) is 6.37. The molecule has 1 aliphatic rings. The van der Waals surface area contributed by atoms with Crippen LogP contribution >= 0.6 is 22.9 Å². The van der Waals surface area contributed by atoms with Crippen molar-refractivity contribution in [3.8, 4) is 0 Å². The second-order valence-corrected chi connectivity index (χ2v) is 10.9. The molecule has 3 N–H and O–H groups in total. The van der Waals surface area contributed by atoms with E-state index < -0.39 is 0 Å². The molecule has 2 rings (SSSR count). The van der Waals surface area contributed by atoms with Crippen LogP contribution in [-0.4, -0.2) is 54.2 Å². The first kappa shape index (κ1) is 25.9. The topological polar surface area (TPSA) is 66.2 Å². The van der Waals surface area contributed by atoms with Crippen molar-refractivity contribution in [2.24, 2.45) is 11.8 Å². The van der Waals surface area contributed by atoms with Gasteiger partial charge in [0.2, 0.25) is 0 Å². The van der Waals surface area contributed by atoms with Gasteiger partial charge in [0.15, 0.2) is 0 Å². The van der Waals surface area contributed by atoms with Gasteiger partial charge in [0.05, 0.1) is 10.2 Å². The van der Waals surface area contributed by atoms with E-state index in [1.165, 1.54) is 17.7 Å². The Morgan fingerprint density at radius 3 is 2.42 bits per heavy atom. The fourth-order valence-corrected chi connectivity index (χ4v) is 5.78. The lowest BCUT2D eigenvalue weighted by Crippen LogP contribution is -2.44. The molecule has 0 amide bonds. The molecule has 1 aromatic rings. The molecule has 0 aliphatic carbocycles. The molecule has 0 saturated carbocycles. The molecule has 174 valence electrons. The minimum absolute atomic E-state index is 0.0404. The lowest BCUT2D eigenvalue weighted by molar-refractivity contribution is 0.279. The zero-order chi connectivity index (χ0) is 23.1. The largest absolute Gasteiger partial charge is 0.378 e. The third-order valence-corrected chi connectivity index (χ3v) is 7.73. The van der Waals surface area contributed by atoms with E-state index in [2.05, 4.69) is 36.8 Å². The highest BCUT2D eigenvalue weighted by Gasteiger charge is 2.27. The first-order chi connectivity index (χ1) is 14.6. The zero-order valence-corrected chi connectivity index (χ0v) is 21.4. The van der Waals surface area contributed by atoms with Crippen LogP contribution < -0.4 is 5.32 Å². The lowest BCUT2D eigenvalue weighted by atomic mass is 9.81. The van der Waals surface area contributed by atoms with Crippen molar-refractivity contribution < 1.29 is 0 Å². The summed E-state index contributed by atoms with van der Waals surface area (Å²) in [6, 6.07) is 4.27. The average Bonchev–Trinajstić information content (AvgIpc) is 3.14. The first-order valence-corrected chi connectivity index (χ1v) is 12.6. The van der Waals surface area contributed by atoms with Crippen molar-refractivity contribution in [1.82, 2.24) is 15.1 Å². The van der Waals surface area contributed by atoms with E-state index in [4.69, 9.17) is 22.4 Å². The first-order valence-electron chi connectivity index (χ1n) is 11.4. The quantitative estimate of drug-likeness (QED) is 0.292. The number of piperidine rings is 1. The van der Waals surface area contributed by atoms with Crippen molar-refractivity contribution >= 4 is 34.6 Å². The molecule has 0 aromatic carbocycles. The number of rotatable bonds is 10. The van der Waals surface area contributed by atoms with Crippen LogP contribution in [0, 0.1) is 22.7 Å². The van der Waals surface area contributed by atoms with Crippen LogP contribution in [-0.2, 0) is 0 Å². The highest BCUT2D eigenvalue weighted by Crippen LogP contribution is 2.39. The normalized spacial score (nSPS) is 16.7. The summed E-state index contributed by atoms with van der Waals surface area (Å²) in [5.41, 5.74) is 1.06. The van der Waals surface area contributed by atoms with Gasteiger partial charge < -0.3 is 15.1 Å². The molecule has 0 spiro atoms. The summed E-state index contributed by atoms with van der Waals surface area (Å²) in [7, 11) is 2.12. The van der Waals surface area contributed by atoms with Crippen molar-refractivity contribution in [2.45, 2.75) is 65.3 Å². The Labute approximate surface area is 197 Å². The van der Waals surface area contributed by atoms with Crippen LogP contribution in [0.2, 0.25) is 4.34 Å². The molecule has 7 heteroatoms. The second kappa shape index (κ2) is 12.0. The minimum Gasteiger partial charge on any atom is -0.378 e. The number of amidine groups is 2. The fraction of sp³-hybridized carbons (Fsp3) is 0.667. The maximum absolute atomic E-state index is 8.39. The van der Waals surface area contributed by atoms with Crippen LogP contribution in [0.4, 0.5) is 0 Å². The molecule has 1 fully saturated rings. The van der Waals surface area contributed by atoms with Gasteiger partial charge in [-0.25, -0.2) is 0 Å². The van der Waals surface area contributed by atoms with Gasteiger partial charge in [-0.15, -0.1) is 11.3 Å². The maximum Gasteiger partial charge on any atom is 0.104 e. The second-order valence-electron chi connectivity index (χ2n) is 9.16. The summed E-state index contributed by atoms with van der Waals surface area (Å²) in [6.07, 6.45) is 4.25. The van der Waals surface area contributed by atoms with Gasteiger partial charge in [-0.1, -0.05) is 32.0 Å². The Morgan fingerprint density at radius 1 is 1.26 bits per heavy atom. The number of nitrogens with one attached hydrogen (secondary N) is 3. The predicted molar refractivity (Wildman–Crippen MR) is 136 cm³/mol. The summed E-state index contributed by atoms with van der Waals surface area (Å²) in [5, 5.41) is 20.0. The molecule has 1 aromatic heterocycles. The van der Waals surface area contributed by atoms with Gasteiger partial charge in [-0.2, -0.15) is 0 Å². The van der Waals surface area contributed by atoms with Crippen LogP contribution in [0.15, 0.2) is 24.4 Å². The van der Waals surface area contributed by atoms with E-state index in [0.29, 0.717) is 23.5 Å². The lowest BCUT2D eigenvalue weighted by Gasteiger charge is -2.35. The van der Waals surface area contributed by atoms with Crippen LogP contribution in [0.5, 0.6) is 0 Å². The van der Waals surface area contributed by atoms with E-state index >= 15 is 0 Å². The predicted octanol–water partition coefficient (Wildman–Crippen LogP) is 6.03. The summed E-state index contributed by atoms with van der Waals surface area (Å²) in [6.45, 7) is 15.3. The molecule has 1 aliphatic heterocycles. The van der Waals surface area contributed by atoms with Crippen LogP contribution in [0.25, 0.3) is 0 Å². The van der Waals surface area contributed by atoms with E-state index in [1.54, 1.807) is 18.3 Å². The van der Waals surface area contributed by atoms with Gasteiger partial charge >= 0.3 is 0 Å². The number of hydrogen-bond donors (Lipinski definition) is 3. The van der Waals surface area contributed by atoms with E-state index in [-0.39, 0.29) is 12.0 Å². The smallest absolute Gasteiger partial charge is 0.104 e. The molecule has 5 nitrogen and oxygen atoms in total. The fourth-order valence-electron chi connectivity index (χ4n) is 4.49. The van der Waals surface area contributed by atoms with Gasteiger partial charge in [0, 0.05) is 42.5 Å². The number of halogens is 1. The Bertz CT molecular complexity index is 753. The van der Waals surface area contributed by atoms with Crippen LogP contribution in [0.1, 0.15) is 64.2 Å². The third kappa shape index (κ3) is 7.33. The van der Waals surface area contributed by atoms with Gasteiger partial charge in [0.1, 0.15) is 5.84 Å². The summed E-state index contributed by atoms with van der Waals surface area (Å²) >= 11 is 7.98. The molecule has 0 bridgehead atoms. The standard InChI is InChI=1S/C24H40ClN5S/c1-16(2)24(27)30(19(5)26)18(4)15-17(3)29(6)14-11-21(20-9-12-28-13-10-20)22-7-8-23(25)31-22/h7-8,16,18,20-21,26-28H,3,9-15H2,1-2,4-6H3. The molecule has 31 heavy (non-hydrogen) atoms. The van der Waals surface area contributed by atoms with Gasteiger partial charge in [0.25, 0.3) is 0 Å². The van der Waals surface area contributed by atoms with Crippen molar-refractivity contribution in [3.63, 3.8) is 0 Å². The minimum atomic E-state index is 0.0404. The van der Waals surface area contributed by atoms with Gasteiger partial charge in [-0.3, -0.25) is 10.8 Å². The number of thiophene rings is 1. The molecular weight excluding hydrogens is 426 g/mol. The zero-order valence-electron chi connectivity index (χ0n) is 19.8. The Hall–Kier alpha value is -1.37. The molecule has 2 atom stereocenters. The highest BCUT2D eigenvalue weighted by atomic mass is 35.5. The highest BCUT2D eigenvalue weighted by molar-refractivity contribution is 7.16. The van der Waals surface area contributed by atoms with E-state index in [0.717, 1.165) is 42.5 Å². The Kier molecular flexibility index (Phi) is 10.0. The van der Waals surface area contributed by atoms with Crippen molar-refractivity contribution in [2.75, 3.05) is 26.7 Å². The van der Waals surface area contributed by atoms with E-state index in [1.807, 2.05) is 24.8 Å². The average molecular weight is 466 g/mol. The number of nitrogens with zero attached hydrogens (tertiary/aromatic N) is 2. The summed E-state index contributed by atoms with van der Waals surface area (Å²) < 4.78 is 0.871. The summed E-state index contributed by atoms with van der Waals surface area (Å²) in [5.74, 6) is 2.23. The molecule has 2 unspecified atom stereocenters. The van der Waals surface area contributed by atoms with Crippen molar-refractivity contribution in [3.05, 3.63) is 33.6 Å². The summed E-state index contributed by atoms with van der Waals surface area (Å²) in [4.78, 5) is 5.49. The molecule has 1 saturated heterocycles. The molecule has 0 radical (unpaired) electrons. The Morgan fingerprint density at radius 2 is 1.90 bits per heavy atom. The maximum atomic E-state index is 8.39. The van der Waals surface area contributed by atoms with Crippen LogP contribution in [0.3, 0.4) is 0 Å². The van der Waals surface area contributed by atoms with Crippen molar-refractivity contribution in [1.29, 1.82) is 10.8 Å². The number of hydrogen-bond acceptors (Lipinski definition) is 5. The monoisotopic (exact) mass is 465 g/mol. The molecular formula is C24H40ClN5S. The SMILES string of the molecule is C=C(CC(C)N(C(C)=N)C(=N)C(C)C)N(C)CCC(c1ccc(Cl)s1)C1CCNCC1. The van der Waals surface area contributed by atoms with Gasteiger partial charge in [-0.05, 0) is 70.2 Å². The molecule has 2 heterocycles. The van der Waals surface area contributed by atoms with E-state index in [9.17, 15) is 0 Å². The Balaban J connectivity index is 1.99.